The SMILES string of the molecule is CCN(Cc1ccc(OC)c(OC)c1)C(=O)[C@@H]1CCCN1C1=NS(=O)(=O)c2ccccc21. The van der Waals surface area contributed by atoms with Crippen molar-refractivity contribution in [1.82, 2.24) is 9.80 Å². The molecule has 0 unspecified atom stereocenters. The van der Waals surface area contributed by atoms with Crippen molar-refractivity contribution >= 4 is 21.8 Å². The van der Waals surface area contributed by atoms with Gasteiger partial charge in [0.2, 0.25) is 5.91 Å². The number of rotatable bonds is 6. The van der Waals surface area contributed by atoms with Crippen molar-refractivity contribution < 1.29 is 22.7 Å². The lowest BCUT2D eigenvalue weighted by molar-refractivity contribution is -0.135. The first-order valence-electron chi connectivity index (χ1n) is 10.6. The predicted octanol–water partition coefficient (Wildman–Crippen LogP) is 2.67. The predicted molar refractivity (Wildman–Crippen MR) is 121 cm³/mol. The van der Waals surface area contributed by atoms with Crippen LogP contribution in [0.5, 0.6) is 11.5 Å². The molecule has 0 radical (unpaired) electrons. The average Bonchev–Trinajstić information content (AvgIpc) is 3.39. The van der Waals surface area contributed by atoms with E-state index in [4.69, 9.17) is 9.47 Å². The van der Waals surface area contributed by atoms with Crippen molar-refractivity contribution in [2.75, 3.05) is 27.3 Å². The number of nitrogens with zero attached hydrogens (tertiary/aromatic N) is 3. The summed E-state index contributed by atoms with van der Waals surface area (Å²) in [4.78, 5) is 17.4. The Kier molecular flexibility index (Phi) is 6.10. The summed E-state index contributed by atoms with van der Waals surface area (Å²) in [6.07, 6.45) is 1.45. The van der Waals surface area contributed by atoms with Crippen LogP contribution in [0.4, 0.5) is 0 Å². The van der Waals surface area contributed by atoms with Gasteiger partial charge in [-0.1, -0.05) is 18.2 Å². The third kappa shape index (κ3) is 3.92. The van der Waals surface area contributed by atoms with E-state index in [0.29, 0.717) is 49.0 Å². The second-order valence-corrected chi connectivity index (χ2v) is 9.35. The normalized spacial score (nSPS) is 18.8. The van der Waals surface area contributed by atoms with Crippen molar-refractivity contribution in [3.05, 3.63) is 53.6 Å². The zero-order chi connectivity index (χ0) is 22.9. The number of likely N-dealkylation sites (N-methyl/N-ethyl adjacent to an activating group) is 1. The van der Waals surface area contributed by atoms with E-state index in [-0.39, 0.29) is 10.8 Å². The number of fused-ring (bicyclic) bond motifs is 1. The van der Waals surface area contributed by atoms with E-state index < -0.39 is 16.1 Å². The Balaban J connectivity index is 1.58. The first-order valence-corrected chi connectivity index (χ1v) is 12.0. The fourth-order valence-corrected chi connectivity index (χ4v) is 5.55. The molecule has 2 aliphatic rings. The number of carbonyl (C=O) groups excluding carboxylic acids is 1. The Morgan fingerprint density at radius 2 is 1.91 bits per heavy atom. The van der Waals surface area contributed by atoms with Gasteiger partial charge in [0, 0.05) is 25.2 Å². The van der Waals surface area contributed by atoms with Gasteiger partial charge in [-0.05, 0) is 49.6 Å². The highest BCUT2D eigenvalue weighted by atomic mass is 32.2. The number of benzene rings is 2. The molecule has 1 atom stereocenters. The van der Waals surface area contributed by atoms with Crippen molar-refractivity contribution in [1.29, 1.82) is 0 Å². The highest BCUT2D eigenvalue weighted by molar-refractivity contribution is 7.90. The van der Waals surface area contributed by atoms with E-state index in [0.717, 1.165) is 12.0 Å². The highest BCUT2D eigenvalue weighted by Gasteiger charge is 2.40. The van der Waals surface area contributed by atoms with Gasteiger partial charge in [-0.15, -0.1) is 4.40 Å². The Morgan fingerprint density at radius 1 is 1.16 bits per heavy atom. The fraction of sp³-hybridized carbons (Fsp3) is 0.391. The molecule has 0 bridgehead atoms. The number of ether oxygens (including phenoxy) is 2. The van der Waals surface area contributed by atoms with E-state index >= 15 is 0 Å². The average molecular weight is 458 g/mol. The molecular formula is C23H27N3O5S. The van der Waals surface area contributed by atoms with E-state index in [1.807, 2.05) is 30.0 Å². The molecule has 4 rings (SSSR count). The van der Waals surface area contributed by atoms with Crippen molar-refractivity contribution in [2.45, 2.75) is 37.2 Å². The fourth-order valence-electron chi connectivity index (χ4n) is 4.33. The van der Waals surface area contributed by atoms with Crippen molar-refractivity contribution in [2.24, 2.45) is 4.40 Å². The summed E-state index contributed by atoms with van der Waals surface area (Å²) in [6, 6.07) is 11.9. The standard InChI is InChI=1S/C23H27N3O5S/c1-4-25(15-16-11-12-19(30-2)20(14-16)31-3)23(27)18-9-7-13-26(18)22-17-8-5-6-10-21(17)32(28,29)24-22/h5-6,8,10-12,14,18H,4,7,9,13,15H2,1-3H3/t18-/m0/s1. The largest absolute Gasteiger partial charge is 0.493 e. The van der Waals surface area contributed by atoms with E-state index in [1.165, 1.54) is 0 Å². The number of hydrogen-bond acceptors (Lipinski definition) is 6. The second kappa shape index (κ2) is 8.82. The lowest BCUT2D eigenvalue weighted by atomic mass is 10.1. The summed E-state index contributed by atoms with van der Waals surface area (Å²) in [5, 5.41) is 0. The summed E-state index contributed by atoms with van der Waals surface area (Å²) >= 11 is 0. The van der Waals surface area contributed by atoms with E-state index in [1.54, 1.807) is 43.4 Å². The monoisotopic (exact) mass is 457 g/mol. The van der Waals surface area contributed by atoms with Gasteiger partial charge in [0.1, 0.15) is 10.9 Å². The second-order valence-electron chi connectivity index (χ2n) is 7.78. The minimum Gasteiger partial charge on any atom is -0.493 e. The molecule has 170 valence electrons. The van der Waals surface area contributed by atoms with Gasteiger partial charge >= 0.3 is 0 Å². The molecule has 0 spiro atoms. The number of hydrogen-bond donors (Lipinski definition) is 0. The Hall–Kier alpha value is -3.07. The molecule has 0 N–H and O–H groups in total. The summed E-state index contributed by atoms with van der Waals surface area (Å²) in [7, 11) is -0.574. The molecule has 1 amide bonds. The molecule has 1 saturated heterocycles. The van der Waals surface area contributed by atoms with E-state index in [9.17, 15) is 13.2 Å². The number of likely N-dealkylation sites (tertiary alicyclic amines) is 1. The Morgan fingerprint density at radius 3 is 2.62 bits per heavy atom. The van der Waals surface area contributed by atoms with Crippen LogP contribution >= 0.6 is 0 Å². The first kappa shape index (κ1) is 22.1. The molecule has 2 aliphatic heterocycles. The molecule has 32 heavy (non-hydrogen) atoms. The molecule has 2 aromatic carbocycles. The molecule has 8 nitrogen and oxygen atoms in total. The maximum atomic E-state index is 13.5. The van der Waals surface area contributed by atoms with Crippen LogP contribution in [0.1, 0.15) is 30.9 Å². The van der Waals surface area contributed by atoms with E-state index in [2.05, 4.69) is 4.40 Å². The van der Waals surface area contributed by atoms with Crippen LogP contribution in [0.3, 0.4) is 0 Å². The Bertz CT molecular complexity index is 1160. The molecule has 2 aromatic rings. The maximum absolute atomic E-state index is 13.5. The number of amides is 1. The van der Waals surface area contributed by atoms with Gasteiger partial charge in [-0.3, -0.25) is 4.79 Å². The third-order valence-corrected chi connectivity index (χ3v) is 7.26. The van der Waals surface area contributed by atoms with Crippen molar-refractivity contribution in [3.63, 3.8) is 0 Å². The number of sulfonamides is 1. The van der Waals surface area contributed by atoms with Crippen LogP contribution in [0.15, 0.2) is 51.8 Å². The minimum absolute atomic E-state index is 0.0377. The summed E-state index contributed by atoms with van der Waals surface area (Å²) in [5.41, 5.74) is 1.49. The van der Waals surface area contributed by atoms with Gasteiger partial charge in [0.25, 0.3) is 10.0 Å². The summed E-state index contributed by atoms with van der Waals surface area (Å²) in [5.74, 6) is 1.58. The van der Waals surface area contributed by atoms with Gasteiger partial charge in [0.05, 0.1) is 14.2 Å². The van der Waals surface area contributed by atoms with Gasteiger partial charge in [-0.2, -0.15) is 8.42 Å². The summed E-state index contributed by atoms with van der Waals surface area (Å²) in [6.45, 7) is 3.47. The zero-order valence-electron chi connectivity index (χ0n) is 18.4. The molecule has 2 heterocycles. The molecule has 1 fully saturated rings. The van der Waals surface area contributed by atoms with Crippen LogP contribution in [-0.2, 0) is 21.4 Å². The van der Waals surface area contributed by atoms with Crippen LogP contribution < -0.4 is 9.47 Å². The van der Waals surface area contributed by atoms with Crippen LogP contribution in [-0.4, -0.2) is 63.3 Å². The maximum Gasteiger partial charge on any atom is 0.285 e. The van der Waals surface area contributed by atoms with Gasteiger partial charge < -0.3 is 19.3 Å². The zero-order valence-corrected chi connectivity index (χ0v) is 19.3. The molecule has 9 heteroatoms. The molecule has 0 aliphatic carbocycles. The van der Waals surface area contributed by atoms with Crippen LogP contribution in [0.2, 0.25) is 0 Å². The van der Waals surface area contributed by atoms with Gasteiger partial charge in [-0.25, -0.2) is 0 Å². The number of methoxy groups -OCH3 is 2. The summed E-state index contributed by atoms with van der Waals surface area (Å²) < 4.78 is 39.7. The van der Waals surface area contributed by atoms with Crippen molar-refractivity contribution in [3.8, 4) is 11.5 Å². The Labute approximate surface area is 188 Å². The minimum atomic E-state index is -3.73. The van der Waals surface area contributed by atoms with Crippen LogP contribution in [0, 0.1) is 0 Å². The smallest absolute Gasteiger partial charge is 0.285 e. The first-order chi connectivity index (χ1) is 15.4. The quantitative estimate of drug-likeness (QED) is 0.663. The highest BCUT2D eigenvalue weighted by Crippen LogP contribution is 2.32. The topological polar surface area (TPSA) is 88.5 Å². The molecular weight excluding hydrogens is 430 g/mol. The van der Waals surface area contributed by atoms with Crippen LogP contribution in [0.25, 0.3) is 0 Å². The lowest BCUT2D eigenvalue weighted by Crippen LogP contribution is -2.47. The lowest BCUT2D eigenvalue weighted by Gasteiger charge is -2.31. The molecule has 0 saturated carbocycles. The molecule has 0 aromatic heterocycles. The van der Waals surface area contributed by atoms with Gasteiger partial charge in [0.15, 0.2) is 17.3 Å². The third-order valence-electron chi connectivity index (χ3n) is 5.94. The number of amidine groups is 1. The number of carbonyl (C=O) groups is 1.